The van der Waals surface area contributed by atoms with Crippen molar-refractivity contribution in [3.05, 3.63) is 77.9 Å². The van der Waals surface area contributed by atoms with Crippen LogP contribution in [0, 0.1) is 0 Å². The predicted octanol–water partition coefficient (Wildman–Crippen LogP) is 2.99. The normalized spacial score (nSPS) is 11.9. The molecule has 1 N–H and O–H groups in total. The highest BCUT2D eigenvalue weighted by atomic mass is 16.5. The van der Waals surface area contributed by atoms with Crippen LogP contribution in [0.5, 0.6) is 0 Å². The highest BCUT2D eigenvalue weighted by Gasteiger charge is 2.21. The molecule has 0 aliphatic carbocycles. The van der Waals surface area contributed by atoms with Crippen LogP contribution in [0.2, 0.25) is 0 Å². The third kappa shape index (κ3) is 5.72. The number of nitrogens with one attached hydrogen (secondary N) is 1. The average molecular weight is 323 g/mol. The van der Waals surface area contributed by atoms with Crippen LogP contribution in [-0.4, -0.2) is 24.5 Å². The summed E-state index contributed by atoms with van der Waals surface area (Å²) in [4.78, 5) is 24.2. The number of hydrogen-bond donors (Lipinski definition) is 1. The Labute approximate surface area is 142 Å². The molecule has 0 aromatic heterocycles. The van der Waals surface area contributed by atoms with Crippen LogP contribution in [0.15, 0.2) is 66.7 Å². The van der Waals surface area contributed by atoms with Gasteiger partial charge in [0.15, 0.2) is 0 Å². The third-order valence-corrected chi connectivity index (χ3v) is 3.40. The minimum Gasteiger partial charge on any atom is -0.464 e. The van der Waals surface area contributed by atoms with Gasteiger partial charge in [0, 0.05) is 12.5 Å². The molecule has 0 aliphatic rings. The van der Waals surface area contributed by atoms with E-state index in [0.717, 1.165) is 11.1 Å². The molecule has 0 saturated carbocycles. The summed E-state index contributed by atoms with van der Waals surface area (Å²) in [5, 5.41) is 2.72. The van der Waals surface area contributed by atoms with Gasteiger partial charge in [0.2, 0.25) is 5.91 Å². The largest absolute Gasteiger partial charge is 0.464 e. The molecule has 2 aromatic rings. The first-order valence-electron chi connectivity index (χ1n) is 7.93. The summed E-state index contributed by atoms with van der Waals surface area (Å²) < 4.78 is 5.06. The van der Waals surface area contributed by atoms with Gasteiger partial charge in [0.05, 0.1) is 6.61 Å². The number of benzene rings is 2. The van der Waals surface area contributed by atoms with E-state index in [9.17, 15) is 9.59 Å². The lowest BCUT2D eigenvalue weighted by atomic mass is 10.1. The lowest BCUT2D eigenvalue weighted by molar-refractivity contribution is -0.146. The maximum Gasteiger partial charge on any atom is 0.328 e. The average Bonchev–Trinajstić information content (AvgIpc) is 2.61. The quantitative estimate of drug-likeness (QED) is 0.629. The molecule has 0 spiro atoms. The van der Waals surface area contributed by atoms with Crippen LogP contribution in [0.25, 0.3) is 6.08 Å². The second-order valence-electron chi connectivity index (χ2n) is 5.25. The molecule has 0 heterocycles. The fourth-order valence-corrected chi connectivity index (χ4v) is 2.24. The highest BCUT2D eigenvalue weighted by molar-refractivity contribution is 5.94. The molecule has 4 nitrogen and oxygen atoms in total. The molecule has 0 aliphatic heterocycles. The van der Waals surface area contributed by atoms with Gasteiger partial charge in [-0.25, -0.2) is 4.79 Å². The maximum absolute atomic E-state index is 12.1. The second-order valence-corrected chi connectivity index (χ2v) is 5.25. The lowest BCUT2D eigenvalue weighted by Crippen LogP contribution is -2.42. The van der Waals surface area contributed by atoms with E-state index < -0.39 is 12.0 Å². The highest BCUT2D eigenvalue weighted by Crippen LogP contribution is 2.06. The Morgan fingerprint density at radius 2 is 1.67 bits per heavy atom. The van der Waals surface area contributed by atoms with E-state index in [1.54, 1.807) is 13.0 Å². The van der Waals surface area contributed by atoms with Crippen LogP contribution in [0.1, 0.15) is 18.1 Å². The Morgan fingerprint density at radius 3 is 2.29 bits per heavy atom. The van der Waals surface area contributed by atoms with Gasteiger partial charge in [-0.05, 0) is 24.1 Å². The van der Waals surface area contributed by atoms with E-state index in [4.69, 9.17) is 4.74 Å². The van der Waals surface area contributed by atoms with Crippen molar-refractivity contribution in [3.63, 3.8) is 0 Å². The number of ether oxygens (including phenoxy) is 1. The van der Waals surface area contributed by atoms with Crippen molar-refractivity contribution in [1.82, 2.24) is 5.32 Å². The molecule has 2 aromatic carbocycles. The predicted molar refractivity (Wildman–Crippen MR) is 94.2 cm³/mol. The zero-order valence-corrected chi connectivity index (χ0v) is 13.6. The Kier molecular flexibility index (Phi) is 6.77. The first kappa shape index (κ1) is 17.5. The molecule has 2 rings (SSSR count). The van der Waals surface area contributed by atoms with Gasteiger partial charge < -0.3 is 10.1 Å². The zero-order chi connectivity index (χ0) is 17.2. The topological polar surface area (TPSA) is 55.4 Å². The molecule has 1 amide bonds. The SMILES string of the molecule is CCOC(=O)[C@@H](Cc1ccccc1)NC(=O)/C=C/c1ccccc1. The van der Waals surface area contributed by atoms with Crippen LogP contribution in [0.4, 0.5) is 0 Å². The van der Waals surface area contributed by atoms with Crippen molar-refractivity contribution in [3.8, 4) is 0 Å². The van der Waals surface area contributed by atoms with Crippen LogP contribution < -0.4 is 5.32 Å². The van der Waals surface area contributed by atoms with E-state index in [2.05, 4.69) is 5.32 Å². The molecule has 0 radical (unpaired) electrons. The third-order valence-electron chi connectivity index (χ3n) is 3.40. The van der Waals surface area contributed by atoms with Gasteiger partial charge in [-0.15, -0.1) is 0 Å². The molecular formula is C20H21NO3. The van der Waals surface area contributed by atoms with Crippen LogP contribution in [0.3, 0.4) is 0 Å². The van der Waals surface area contributed by atoms with E-state index >= 15 is 0 Å². The van der Waals surface area contributed by atoms with Gasteiger partial charge in [-0.3, -0.25) is 4.79 Å². The zero-order valence-electron chi connectivity index (χ0n) is 13.6. The van der Waals surface area contributed by atoms with E-state index in [-0.39, 0.29) is 12.5 Å². The van der Waals surface area contributed by atoms with Crippen molar-refractivity contribution in [1.29, 1.82) is 0 Å². The molecule has 124 valence electrons. The second kappa shape index (κ2) is 9.30. The van der Waals surface area contributed by atoms with E-state index in [1.165, 1.54) is 6.08 Å². The van der Waals surface area contributed by atoms with Gasteiger partial charge in [-0.1, -0.05) is 60.7 Å². The van der Waals surface area contributed by atoms with Crippen LogP contribution in [-0.2, 0) is 20.7 Å². The smallest absolute Gasteiger partial charge is 0.328 e. The minimum absolute atomic E-state index is 0.278. The minimum atomic E-state index is -0.708. The Hall–Kier alpha value is -2.88. The maximum atomic E-state index is 12.1. The monoisotopic (exact) mass is 323 g/mol. The first-order chi connectivity index (χ1) is 11.7. The summed E-state index contributed by atoms with van der Waals surface area (Å²) in [5.74, 6) is -0.754. The fraction of sp³-hybridized carbons (Fsp3) is 0.200. The van der Waals surface area contributed by atoms with Crippen molar-refractivity contribution >= 4 is 18.0 Å². The van der Waals surface area contributed by atoms with Gasteiger partial charge in [0.25, 0.3) is 0 Å². The number of esters is 1. The summed E-state index contributed by atoms with van der Waals surface area (Å²) in [6.07, 6.45) is 3.53. The standard InChI is InChI=1S/C20H21NO3/c1-2-24-20(23)18(15-17-11-7-4-8-12-17)21-19(22)14-13-16-9-5-3-6-10-16/h3-14,18H,2,15H2,1H3,(H,21,22)/b14-13+/t18-/m1/s1. The summed E-state index contributed by atoms with van der Waals surface area (Å²) in [5.41, 5.74) is 1.88. The van der Waals surface area contributed by atoms with Crippen LogP contribution >= 0.6 is 0 Å². The molecule has 4 heteroatoms. The van der Waals surface area contributed by atoms with E-state index in [0.29, 0.717) is 6.42 Å². The molecule has 0 bridgehead atoms. The molecule has 0 saturated heterocycles. The van der Waals surface area contributed by atoms with Crippen molar-refractivity contribution in [2.75, 3.05) is 6.61 Å². The van der Waals surface area contributed by atoms with Crippen molar-refractivity contribution in [2.24, 2.45) is 0 Å². The molecular weight excluding hydrogens is 302 g/mol. The fourth-order valence-electron chi connectivity index (χ4n) is 2.24. The van der Waals surface area contributed by atoms with E-state index in [1.807, 2.05) is 60.7 Å². The first-order valence-corrected chi connectivity index (χ1v) is 7.93. The molecule has 0 fully saturated rings. The number of hydrogen-bond acceptors (Lipinski definition) is 3. The van der Waals surface area contributed by atoms with Crippen molar-refractivity contribution < 1.29 is 14.3 Å². The number of amides is 1. The molecule has 1 atom stereocenters. The van der Waals surface area contributed by atoms with Gasteiger partial charge >= 0.3 is 5.97 Å². The lowest BCUT2D eigenvalue weighted by Gasteiger charge is -2.16. The summed E-state index contributed by atoms with van der Waals surface area (Å²) in [7, 11) is 0. The molecule has 24 heavy (non-hydrogen) atoms. The molecule has 0 unspecified atom stereocenters. The summed E-state index contributed by atoms with van der Waals surface area (Å²) in [6, 6.07) is 18.3. The van der Waals surface area contributed by atoms with Crippen molar-refractivity contribution in [2.45, 2.75) is 19.4 Å². The number of carbonyl (C=O) groups is 2. The Morgan fingerprint density at radius 1 is 1.04 bits per heavy atom. The Bertz CT molecular complexity index is 681. The van der Waals surface area contributed by atoms with Gasteiger partial charge in [-0.2, -0.15) is 0 Å². The Balaban J connectivity index is 2.02. The summed E-state index contributed by atoms with van der Waals surface area (Å²) in [6.45, 7) is 2.02. The summed E-state index contributed by atoms with van der Waals surface area (Å²) >= 11 is 0. The number of carbonyl (C=O) groups excluding carboxylic acids is 2. The number of rotatable bonds is 7. The van der Waals surface area contributed by atoms with Gasteiger partial charge in [0.1, 0.15) is 6.04 Å².